The van der Waals surface area contributed by atoms with Crippen LogP contribution in [0.5, 0.6) is 0 Å². The van der Waals surface area contributed by atoms with Gasteiger partial charge in [-0.1, -0.05) is 46.1 Å². The Bertz CT molecular complexity index is 338. The Morgan fingerprint density at radius 3 is 2.58 bits per heavy atom. The second kappa shape index (κ2) is 10.5. The second-order valence-electron chi connectivity index (χ2n) is 5.01. The molecule has 0 atom stereocenters. The van der Waals surface area contributed by atoms with Gasteiger partial charge in [-0.2, -0.15) is 0 Å². The highest BCUT2D eigenvalue weighted by atomic mass is 16.5. The highest BCUT2D eigenvalue weighted by Gasteiger charge is 2.02. The molecule has 0 unspecified atom stereocenters. The Morgan fingerprint density at radius 1 is 1.32 bits per heavy atom. The minimum Gasteiger partial charge on any atom is -0.445 e. The molecule has 1 amide bonds. The van der Waals surface area contributed by atoms with Crippen molar-refractivity contribution in [2.24, 2.45) is 5.92 Å². The fourth-order valence-corrected chi connectivity index (χ4v) is 1.20. The van der Waals surface area contributed by atoms with Gasteiger partial charge in [0.15, 0.2) is 0 Å². The summed E-state index contributed by atoms with van der Waals surface area (Å²) in [5, 5.41) is 5.86. The number of hydrogen-bond donors (Lipinski definition) is 2. The standard InChI is InChI=1S/C15H26N2O2/c1-12(2)7-6-9-17-15(18)19-11-14(5)8-10-16-13(3)4/h12-13,16H,5,8-11H2,1-4H3,(H,17,18). The highest BCUT2D eigenvalue weighted by molar-refractivity contribution is 5.67. The van der Waals surface area contributed by atoms with Crippen molar-refractivity contribution in [3.8, 4) is 11.8 Å². The lowest BCUT2D eigenvalue weighted by Crippen LogP contribution is -2.26. The number of ether oxygens (including phenoxy) is 1. The number of alkyl carbamates (subject to hydrolysis) is 1. The summed E-state index contributed by atoms with van der Waals surface area (Å²) < 4.78 is 5.02. The summed E-state index contributed by atoms with van der Waals surface area (Å²) in [4.78, 5) is 11.3. The molecule has 0 aromatic heterocycles. The Balaban J connectivity index is 3.62. The monoisotopic (exact) mass is 266 g/mol. The average Bonchev–Trinajstić information content (AvgIpc) is 2.31. The van der Waals surface area contributed by atoms with Gasteiger partial charge < -0.3 is 15.4 Å². The van der Waals surface area contributed by atoms with E-state index in [1.807, 2.05) is 13.8 Å². The molecule has 0 radical (unpaired) electrons. The van der Waals surface area contributed by atoms with E-state index >= 15 is 0 Å². The van der Waals surface area contributed by atoms with Crippen LogP contribution >= 0.6 is 0 Å². The van der Waals surface area contributed by atoms with E-state index in [9.17, 15) is 4.79 Å². The van der Waals surface area contributed by atoms with E-state index in [1.165, 1.54) is 0 Å². The van der Waals surface area contributed by atoms with E-state index in [1.54, 1.807) is 0 Å². The molecule has 0 aliphatic rings. The van der Waals surface area contributed by atoms with Gasteiger partial charge in [0.1, 0.15) is 6.61 Å². The van der Waals surface area contributed by atoms with Gasteiger partial charge in [-0.25, -0.2) is 4.79 Å². The van der Waals surface area contributed by atoms with Gasteiger partial charge >= 0.3 is 6.09 Å². The van der Waals surface area contributed by atoms with Gasteiger partial charge in [0.05, 0.1) is 6.54 Å². The lowest BCUT2D eigenvalue weighted by Gasteiger charge is -2.10. The Labute approximate surface area is 117 Å². The summed E-state index contributed by atoms with van der Waals surface area (Å²) in [6.45, 7) is 13.5. The largest absolute Gasteiger partial charge is 0.445 e. The van der Waals surface area contributed by atoms with Gasteiger partial charge in [0, 0.05) is 12.0 Å². The minimum absolute atomic E-state index is 0.253. The van der Waals surface area contributed by atoms with Crippen LogP contribution in [0.1, 0.15) is 34.1 Å². The first-order valence-electron chi connectivity index (χ1n) is 6.70. The molecule has 0 heterocycles. The van der Waals surface area contributed by atoms with Crippen LogP contribution in [-0.2, 0) is 4.74 Å². The molecule has 4 nitrogen and oxygen atoms in total. The Hall–Kier alpha value is -1.47. The molecule has 0 rings (SSSR count). The molecule has 2 N–H and O–H groups in total. The van der Waals surface area contributed by atoms with Crippen LogP contribution in [0, 0.1) is 17.8 Å². The second-order valence-corrected chi connectivity index (χ2v) is 5.01. The summed E-state index contributed by atoms with van der Waals surface area (Å²) in [6.07, 6.45) is 0.356. The first-order chi connectivity index (χ1) is 8.91. The van der Waals surface area contributed by atoms with Crippen molar-refractivity contribution in [2.75, 3.05) is 19.7 Å². The molecule has 19 heavy (non-hydrogen) atoms. The van der Waals surface area contributed by atoms with Crippen LogP contribution in [0.15, 0.2) is 12.2 Å². The molecule has 0 saturated heterocycles. The summed E-state index contributed by atoms with van der Waals surface area (Å²) in [5.41, 5.74) is 0.900. The van der Waals surface area contributed by atoms with Crippen molar-refractivity contribution >= 4 is 6.09 Å². The molecule has 0 spiro atoms. The third kappa shape index (κ3) is 12.8. The van der Waals surface area contributed by atoms with Gasteiger partial charge in [-0.05, 0) is 18.5 Å². The molecule has 4 heteroatoms. The number of nitrogens with one attached hydrogen (secondary N) is 2. The smallest absolute Gasteiger partial charge is 0.408 e. The van der Waals surface area contributed by atoms with Crippen molar-refractivity contribution < 1.29 is 9.53 Å². The van der Waals surface area contributed by atoms with E-state index < -0.39 is 6.09 Å². The molecule has 0 aliphatic carbocycles. The first-order valence-corrected chi connectivity index (χ1v) is 6.70. The zero-order valence-electron chi connectivity index (χ0n) is 12.5. The zero-order valence-corrected chi connectivity index (χ0v) is 12.5. The van der Waals surface area contributed by atoms with Crippen molar-refractivity contribution in [3.05, 3.63) is 12.2 Å². The molecule has 0 fully saturated rings. The SMILES string of the molecule is C=C(CCNC(C)C)COC(=O)NCC#CC(C)C. The van der Waals surface area contributed by atoms with E-state index in [4.69, 9.17) is 4.74 Å². The Morgan fingerprint density at radius 2 is 2.00 bits per heavy atom. The third-order valence-electron chi connectivity index (χ3n) is 2.15. The summed E-state index contributed by atoms with van der Waals surface area (Å²) in [5.74, 6) is 6.12. The highest BCUT2D eigenvalue weighted by Crippen LogP contribution is 1.98. The maximum atomic E-state index is 11.3. The van der Waals surface area contributed by atoms with Crippen molar-refractivity contribution in [3.63, 3.8) is 0 Å². The normalized spacial score (nSPS) is 10.0. The van der Waals surface area contributed by atoms with Gasteiger partial charge in [-0.3, -0.25) is 0 Å². The quantitative estimate of drug-likeness (QED) is 0.549. The van der Waals surface area contributed by atoms with Crippen LogP contribution in [0.25, 0.3) is 0 Å². The number of rotatable bonds is 7. The average molecular weight is 266 g/mol. The van der Waals surface area contributed by atoms with E-state index in [-0.39, 0.29) is 6.61 Å². The predicted octanol–water partition coefficient (Wildman–Crippen LogP) is 2.32. The molecule has 0 aliphatic heterocycles. The van der Waals surface area contributed by atoms with E-state index in [2.05, 4.69) is 42.9 Å². The van der Waals surface area contributed by atoms with Gasteiger partial charge in [0.2, 0.25) is 0 Å². The molecule has 0 bridgehead atoms. The zero-order chi connectivity index (χ0) is 14.7. The van der Waals surface area contributed by atoms with Crippen molar-refractivity contribution in [1.29, 1.82) is 0 Å². The minimum atomic E-state index is -0.448. The van der Waals surface area contributed by atoms with Crippen molar-refractivity contribution in [1.82, 2.24) is 10.6 Å². The lowest BCUT2D eigenvalue weighted by molar-refractivity contribution is 0.156. The topological polar surface area (TPSA) is 50.4 Å². The fourth-order valence-electron chi connectivity index (χ4n) is 1.20. The third-order valence-corrected chi connectivity index (χ3v) is 2.15. The van der Waals surface area contributed by atoms with Gasteiger partial charge in [0.25, 0.3) is 0 Å². The molecular weight excluding hydrogens is 240 g/mol. The van der Waals surface area contributed by atoms with Crippen LogP contribution in [-0.4, -0.2) is 31.8 Å². The summed E-state index contributed by atoms with van der Waals surface area (Å²) in [7, 11) is 0. The number of carbonyl (C=O) groups is 1. The van der Waals surface area contributed by atoms with Crippen LogP contribution in [0.3, 0.4) is 0 Å². The molecule has 108 valence electrons. The van der Waals surface area contributed by atoms with Crippen LogP contribution < -0.4 is 10.6 Å². The van der Waals surface area contributed by atoms with Crippen LogP contribution in [0.4, 0.5) is 4.79 Å². The Kier molecular flexibility index (Phi) is 9.64. The fraction of sp³-hybridized carbons (Fsp3) is 0.667. The molecule has 0 aromatic carbocycles. The maximum Gasteiger partial charge on any atom is 0.408 e. The summed E-state index contributed by atoms with van der Waals surface area (Å²) in [6, 6.07) is 0.455. The van der Waals surface area contributed by atoms with E-state index in [0.717, 1.165) is 18.5 Å². The summed E-state index contributed by atoms with van der Waals surface area (Å²) >= 11 is 0. The lowest BCUT2D eigenvalue weighted by atomic mass is 10.2. The molecule has 0 aromatic rings. The molecular formula is C15H26N2O2. The number of hydrogen-bond acceptors (Lipinski definition) is 3. The van der Waals surface area contributed by atoms with Gasteiger partial charge in [-0.15, -0.1) is 0 Å². The number of amides is 1. The van der Waals surface area contributed by atoms with E-state index in [0.29, 0.717) is 18.5 Å². The molecule has 0 saturated carbocycles. The van der Waals surface area contributed by atoms with Crippen LogP contribution in [0.2, 0.25) is 0 Å². The number of carbonyl (C=O) groups excluding carboxylic acids is 1. The first kappa shape index (κ1) is 17.5. The van der Waals surface area contributed by atoms with Crippen molar-refractivity contribution in [2.45, 2.75) is 40.2 Å². The predicted molar refractivity (Wildman–Crippen MR) is 78.9 cm³/mol. The maximum absolute atomic E-state index is 11.3.